The topological polar surface area (TPSA) is 107 Å². The maximum Gasteiger partial charge on any atom is 0.401 e. The first kappa shape index (κ1) is 28.8. The van der Waals surface area contributed by atoms with E-state index in [1.807, 2.05) is 6.07 Å². The highest BCUT2D eigenvalue weighted by atomic mass is 35.5. The lowest BCUT2D eigenvalue weighted by Crippen LogP contribution is -2.57. The van der Waals surface area contributed by atoms with Crippen LogP contribution in [0, 0.1) is 0 Å². The highest BCUT2D eigenvalue weighted by molar-refractivity contribution is 6.33. The predicted octanol–water partition coefficient (Wildman–Crippen LogP) is 2.98. The number of nitrogens with one attached hydrogen (secondary N) is 2. The van der Waals surface area contributed by atoms with Crippen LogP contribution in [0.2, 0.25) is 5.02 Å². The van der Waals surface area contributed by atoms with Crippen molar-refractivity contribution in [3.63, 3.8) is 0 Å². The number of morpholine rings is 1. The van der Waals surface area contributed by atoms with E-state index in [1.165, 1.54) is 6.20 Å². The van der Waals surface area contributed by atoms with Crippen molar-refractivity contribution in [2.75, 3.05) is 63.9 Å². The molecule has 2 aromatic heterocycles. The molecule has 42 heavy (non-hydrogen) atoms. The summed E-state index contributed by atoms with van der Waals surface area (Å²) >= 11 is 6.76. The number of nitrogens with zero attached hydrogens (tertiary/aromatic N) is 5. The van der Waals surface area contributed by atoms with Gasteiger partial charge in [0, 0.05) is 67.1 Å². The molecule has 0 radical (unpaired) electrons. The number of alkyl halides is 3. The van der Waals surface area contributed by atoms with Crippen LogP contribution in [0.5, 0.6) is 0 Å². The van der Waals surface area contributed by atoms with E-state index in [0.717, 1.165) is 5.39 Å². The van der Waals surface area contributed by atoms with Crippen LogP contribution >= 0.6 is 11.6 Å². The Balaban J connectivity index is 1.26. The van der Waals surface area contributed by atoms with Crippen LogP contribution in [0.15, 0.2) is 36.7 Å². The number of anilines is 1. The van der Waals surface area contributed by atoms with Crippen LogP contribution in [0.1, 0.15) is 28.8 Å². The van der Waals surface area contributed by atoms with Crippen molar-refractivity contribution in [1.29, 1.82) is 0 Å². The number of halogens is 4. The lowest BCUT2D eigenvalue weighted by molar-refractivity contribution is -0.126. The van der Waals surface area contributed by atoms with E-state index < -0.39 is 24.2 Å². The van der Waals surface area contributed by atoms with Crippen LogP contribution in [0.3, 0.4) is 0 Å². The van der Waals surface area contributed by atoms with Gasteiger partial charge in [-0.1, -0.05) is 17.7 Å². The minimum Gasteiger partial charge on any atom is -0.379 e. The van der Waals surface area contributed by atoms with Crippen LogP contribution in [-0.4, -0.2) is 108 Å². The fourth-order valence-electron chi connectivity index (χ4n) is 6.39. The number of pyridine rings is 1. The number of ether oxygens (including phenoxy) is 1. The minimum absolute atomic E-state index is 0.0429. The van der Waals surface area contributed by atoms with Crippen LogP contribution in [-0.2, 0) is 14.9 Å². The Morgan fingerprint density at radius 1 is 1.17 bits per heavy atom. The van der Waals surface area contributed by atoms with Crippen molar-refractivity contribution in [3.8, 4) is 0 Å². The molecule has 0 aliphatic carbocycles. The summed E-state index contributed by atoms with van der Waals surface area (Å²) in [5.41, 5.74) is 1.34. The SMILES string of the molecule is O=C(c1cnc2[nH]ncc2c1)N1CCC2(CC1)C(=O)N(C(CNCC(F)(F)F)CN1CCOCC1)c1cccc(Cl)c12. The summed E-state index contributed by atoms with van der Waals surface area (Å²) in [6.45, 7) is 2.11. The number of aromatic nitrogens is 3. The van der Waals surface area contributed by atoms with Crippen molar-refractivity contribution in [2.24, 2.45) is 0 Å². The molecule has 1 spiro atoms. The van der Waals surface area contributed by atoms with E-state index in [1.54, 1.807) is 34.2 Å². The molecule has 3 aromatic rings. The van der Waals surface area contributed by atoms with Gasteiger partial charge in [-0.3, -0.25) is 19.6 Å². The van der Waals surface area contributed by atoms with E-state index in [2.05, 4.69) is 25.4 Å². The molecular weight excluding hydrogens is 575 g/mol. The molecule has 1 atom stereocenters. The summed E-state index contributed by atoms with van der Waals surface area (Å²) in [4.78, 5) is 37.5. The maximum absolute atomic E-state index is 14.4. The predicted molar refractivity (Wildman–Crippen MR) is 150 cm³/mol. The highest BCUT2D eigenvalue weighted by Crippen LogP contribution is 2.51. The highest BCUT2D eigenvalue weighted by Gasteiger charge is 2.55. The molecule has 10 nitrogen and oxygen atoms in total. The molecule has 3 aliphatic rings. The molecule has 224 valence electrons. The lowest BCUT2D eigenvalue weighted by Gasteiger charge is -2.40. The quantitative estimate of drug-likeness (QED) is 0.427. The van der Waals surface area contributed by atoms with E-state index in [0.29, 0.717) is 86.3 Å². The number of aromatic amines is 1. The molecular formula is C28H31ClF3N7O3. The Bertz CT molecular complexity index is 1470. The lowest BCUT2D eigenvalue weighted by atomic mass is 9.73. The zero-order valence-electron chi connectivity index (χ0n) is 22.8. The molecule has 6 rings (SSSR count). The first-order valence-electron chi connectivity index (χ1n) is 13.9. The number of benzene rings is 1. The minimum atomic E-state index is -4.38. The molecule has 2 N–H and O–H groups in total. The summed E-state index contributed by atoms with van der Waals surface area (Å²) in [7, 11) is 0. The number of H-pyrrole nitrogens is 1. The second kappa shape index (κ2) is 11.4. The number of piperidine rings is 1. The third-order valence-corrected chi connectivity index (χ3v) is 8.76. The number of carbonyl (C=O) groups excluding carboxylic acids is 2. The van der Waals surface area contributed by atoms with Gasteiger partial charge < -0.3 is 19.9 Å². The number of likely N-dealkylation sites (tertiary alicyclic amines) is 1. The zero-order valence-corrected chi connectivity index (χ0v) is 23.5. The molecule has 14 heteroatoms. The smallest absolute Gasteiger partial charge is 0.379 e. The van der Waals surface area contributed by atoms with Crippen molar-refractivity contribution >= 4 is 40.1 Å². The third kappa shape index (κ3) is 5.46. The molecule has 0 bridgehead atoms. The fourth-order valence-corrected chi connectivity index (χ4v) is 6.74. The van der Waals surface area contributed by atoms with Gasteiger partial charge >= 0.3 is 6.18 Å². The largest absolute Gasteiger partial charge is 0.401 e. The number of hydrogen-bond acceptors (Lipinski definition) is 7. The Morgan fingerprint density at radius 3 is 2.67 bits per heavy atom. The van der Waals surface area contributed by atoms with Crippen LogP contribution < -0.4 is 10.2 Å². The Labute approximate surface area is 245 Å². The summed E-state index contributed by atoms with van der Waals surface area (Å²) < 4.78 is 44.6. The maximum atomic E-state index is 14.4. The summed E-state index contributed by atoms with van der Waals surface area (Å²) in [5.74, 6) is -0.380. The summed E-state index contributed by atoms with van der Waals surface area (Å²) in [5, 5.41) is 10.4. The van der Waals surface area contributed by atoms with E-state index >= 15 is 0 Å². The number of rotatable bonds is 7. The van der Waals surface area contributed by atoms with E-state index in [-0.39, 0.29) is 18.4 Å². The summed E-state index contributed by atoms with van der Waals surface area (Å²) in [6.07, 6.45) is -0.588. The van der Waals surface area contributed by atoms with Crippen molar-refractivity contribution in [3.05, 3.63) is 52.8 Å². The molecule has 0 saturated carbocycles. The Hall–Kier alpha value is -3.26. The standard InChI is InChI=1S/C28H31ClF3N7O3/c29-21-2-1-3-22-23(21)27(4-6-38(7-5-27)25(40)19-12-18-14-35-36-24(18)34-13-19)26(41)39(22)20(15-33-17-28(30,31)32)16-37-8-10-42-11-9-37/h1-3,12-14,20,33H,4-11,15-17H2,(H,34,35,36). The van der Waals surface area contributed by atoms with Gasteiger partial charge in [-0.25, -0.2) is 4.98 Å². The van der Waals surface area contributed by atoms with Gasteiger partial charge in [0.15, 0.2) is 5.65 Å². The molecule has 2 fully saturated rings. The van der Waals surface area contributed by atoms with Crippen LogP contribution in [0.4, 0.5) is 18.9 Å². The first-order chi connectivity index (χ1) is 20.2. The van der Waals surface area contributed by atoms with Crippen molar-refractivity contribution < 1.29 is 27.5 Å². The number of hydrogen-bond donors (Lipinski definition) is 2. The Morgan fingerprint density at radius 2 is 1.93 bits per heavy atom. The van der Waals surface area contributed by atoms with Gasteiger partial charge in [0.05, 0.1) is 43.0 Å². The van der Waals surface area contributed by atoms with Gasteiger partial charge in [0.2, 0.25) is 5.91 Å². The number of carbonyl (C=O) groups is 2. The average Bonchev–Trinajstić information content (AvgIpc) is 3.53. The second-order valence-electron chi connectivity index (χ2n) is 11.0. The van der Waals surface area contributed by atoms with Crippen LogP contribution in [0.25, 0.3) is 11.0 Å². The van der Waals surface area contributed by atoms with Crippen molar-refractivity contribution in [1.82, 2.24) is 30.3 Å². The normalized spacial score (nSPS) is 20.0. The van der Waals surface area contributed by atoms with E-state index in [9.17, 15) is 22.8 Å². The fraction of sp³-hybridized carbons (Fsp3) is 0.500. The second-order valence-corrected chi connectivity index (χ2v) is 11.4. The summed E-state index contributed by atoms with van der Waals surface area (Å²) in [6, 6.07) is 6.47. The molecule has 5 heterocycles. The van der Waals surface area contributed by atoms with Gasteiger partial charge in [0.25, 0.3) is 5.91 Å². The average molecular weight is 606 g/mol. The van der Waals surface area contributed by atoms with Gasteiger partial charge in [-0.05, 0) is 31.0 Å². The number of amides is 2. The van der Waals surface area contributed by atoms with Crippen molar-refractivity contribution in [2.45, 2.75) is 30.5 Å². The third-order valence-electron chi connectivity index (χ3n) is 8.44. The molecule has 2 amide bonds. The van der Waals surface area contributed by atoms with Gasteiger partial charge in [-0.2, -0.15) is 18.3 Å². The molecule has 1 aromatic carbocycles. The molecule has 1 unspecified atom stereocenters. The first-order valence-corrected chi connectivity index (χ1v) is 14.3. The number of fused-ring (bicyclic) bond motifs is 3. The van der Waals surface area contributed by atoms with E-state index in [4.69, 9.17) is 16.3 Å². The monoisotopic (exact) mass is 605 g/mol. The van der Waals surface area contributed by atoms with Gasteiger partial charge in [0.1, 0.15) is 0 Å². The molecule has 2 saturated heterocycles. The zero-order chi connectivity index (χ0) is 29.5. The molecule has 3 aliphatic heterocycles. The Kier molecular flexibility index (Phi) is 7.85. The van der Waals surface area contributed by atoms with Gasteiger partial charge in [-0.15, -0.1) is 0 Å².